The predicted octanol–water partition coefficient (Wildman–Crippen LogP) is 0.475. The van der Waals surface area contributed by atoms with Crippen molar-refractivity contribution in [3.8, 4) is 0 Å². The molecule has 7 heteroatoms. The number of allylic oxidation sites excluding steroid dienone is 1. The number of hydrogen-bond donors (Lipinski definition) is 2. The number of nitrogen functional groups attached to an aromatic ring is 1. The first kappa shape index (κ1) is 12.6. The highest BCUT2D eigenvalue weighted by Crippen LogP contribution is 2.25. The summed E-state index contributed by atoms with van der Waals surface area (Å²) in [6, 6.07) is -0.0913. The molecule has 0 saturated heterocycles. The van der Waals surface area contributed by atoms with Crippen LogP contribution in [0, 0.1) is 0 Å². The molecule has 0 spiro atoms. The molecule has 0 saturated carbocycles. The molecule has 0 aromatic carbocycles. The molecule has 0 aliphatic rings. The average Bonchev–Trinajstić information content (AvgIpc) is 2.81. The van der Waals surface area contributed by atoms with E-state index in [0.717, 1.165) is 0 Å². The topological polar surface area (TPSA) is 89.8 Å². The Hall–Kier alpha value is -1.89. The van der Waals surface area contributed by atoms with Crippen molar-refractivity contribution in [1.29, 1.82) is 0 Å². The Labute approximate surface area is 106 Å². The zero-order valence-electron chi connectivity index (χ0n) is 9.90. The fourth-order valence-electron chi connectivity index (χ4n) is 1.82. The smallest absolute Gasteiger partial charge is 0.165 e. The van der Waals surface area contributed by atoms with Crippen molar-refractivity contribution in [2.45, 2.75) is 18.3 Å². The maximum atomic E-state index is 9.00. The van der Waals surface area contributed by atoms with Gasteiger partial charge in [0.2, 0.25) is 0 Å². The van der Waals surface area contributed by atoms with E-state index in [9.17, 15) is 0 Å². The Bertz CT molecular complexity index is 555. The molecule has 2 atom stereocenters. The van der Waals surface area contributed by atoms with Crippen LogP contribution in [0.4, 0.5) is 5.82 Å². The first-order chi connectivity index (χ1) is 8.67. The second kappa shape index (κ2) is 5.18. The Morgan fingerprint density at radius 3 is 2.94 bits per heavy atom. The molecule has 0 bridgehead atoms. The minimum absolute atomic E-state index is 0.0753. The van der Waals surface area contributed by atoms with Gasteiger partial charge in [0, 0.05) is 6.61 Å². The van der Waals surface area contributed by atoms with Gasteiger partial charge in [-0.15, -0.1) is 6.58 Å². The molecule has 2 aromatic heterocycles. The normalized spacial score (nSPS) is 14.5. The molecule has 18 heavy (non-hydrogen) atoms. The van der Waals surface area contributed by atoms with Gasteiger partial charge in [-0.3, -0.25) is 0 Å². The van der Waals surface area contributed by atoms with E-state index in [1.807, 2.05) is 4.57 Å². The molecule has 0 amide bonds. The summed E-state index contributed by atoms with van der Waals surface area (Å²) in [7, 11) is 5.74. The zero-order chi connectivity index (χ0) is 13.1. The summed E-state index contributed by atoms with van der Waals surface area (Å²) in [4.78, 5) is 12.2. The minimum Gasteiger partial charge on any atom is -0.397 e. The van der Waals surface area contributed by atoms with Crippen LogP contribution in [0.2, 0.25) is 5.82 Å². The summed E-state index contributed by atoms with van der Waals surface area (Å²) in [5, 5.41) is 9.00. The summed E-state index contributed by atoms with van der Waals surface area (Å²) in [6.45, 7) is 3.70. The number of aliphatic hydroxyl groups is 1. The summed E-state index contributed by atoms with van der Waals surface area (Å²) in [5.41, 5.74) is 6.92. The molecule has 2 rings (SSSR count). The number of rotatable bonds is 5. The second-order valence-electron chi connectivity index (χ2n) is 4.06. The van der Waals surface area contributed by atoms with Crippen LogP contribution < -0.4 is 5.73 Å². The van der Waals surface area contributed by atoms with Crippen LogP contribution in [0.25, 0.3) is 11.2 Å². The standard InChI is InChI=1S/C11H14BN5O/c1-2-8(3-7(12)4-18)17-6-16-9-10(13)14-5-15-11(9)17/h2,5-8,18H,1,3-4H2,(H2,13,14,15). The van der Waals surface area contributed by atoms with Gasteiger partial charge in [-0.2, -0.15) is 0 Å². The highest BCUT2D eigenvalue weighted by Gasteiger charge is 2.16. The largest absolute Gasteiger partial charge is 0.397 e. The Morgan fingerprint density at radius 2 is 2.28 bits per heavy atom. The molecular weight excluding hydrogens is 229 g/mol. The number of nitrogens with zero attached hydrogens (tertiary/aromatic N) is 4. The number of aromatic nitrogens is 4. The molecule has 2 heterocycles. The second-order valence-corrected chi connectivity index (χ2v) is 4.06. The van der Waals surface area contributed by atoms with Crippen molar-refractivity contribution in [3.63, 3.8) is 0 Å². The molecule has 2 aromatic rings. The van der Waals surface area contributed by atoms with Crippen LogP contribution in [0.5, 0.6) is 0 Å². The van der Waals surface area contributed by atoms with E-state index in [1.165, 1.54) is 6.33 Å². The van der Waals surface area contributed by atoms with Gasteiger partial charge in [-0.1, -0.05) is 11.9 Å². The Kier molecular flexibility index (Phi) is 3.62. The van der Waals surface area contributed by atoms with Gasteiger partial charge in [0.1, 0.15) is 11.8 Å². The molecule has 0 aliphatic carbocycles. The van der Waals surface area contributed by atoms with E-state index in [2.05, 4.69) is 21.5 Å². The van der Waals surface area contributed by atoms with E-state index in [-0.39, 0.29) is 18.5 Å². The first-order valence-corrected chi connectivity index (χ1v) is 5.59. The number of anilines is 1. The van der Waals surface area contributed by atoms with Crippen LogP contribution in [0.3, 0.4) is 0 Å². The highest BCUT2D eigenvalue weighted by atomic mass is 16.3. The minimum atomic E-state index is -0.315. The van der Waals surface area contributed by atoms with Crippen molar-refractivity contribution in [2.75, 3.05) is 12.3 Å². The lowest BCUT2D eigenvalue weighted by molar-refractivity contribution is 0.278. The third kappa shape index (κ3) is 2.21. The fourth-order valence-corrected chi connectivity index (χ4v) is 1.82. The van der Waals surface area contributed by atoms with Crippen molar-refractivity contribution in [1.82, 2.24) is 19.5 Å². The van der Waals surface area contributed by atoms with Crippen LogP contribution >= 0.6 is 0 Å². The predicted molar refractivity (Wildman–Crippen MR) is 70.2 cm³/mol. The van der Waals surface area contributed by atoms with Crippen molar-refractivity contribution in [3.05, 3.63) is 25.3 Å². The number of aliphatic hydroxyl groups excluding tert-OH is 1. The van der Waals surface area contributed by atoms with Gasteiger partial charge < -0.3 is 15.4 Å². The van der Waals surface area contributed by atoms with E-state index >= 15 is 0 Å². The van der Waals surface area contributed by atoms with E-state index in [4.69, 9.17) is 18.7 Å². The molecule has 0 fully saturated rings. The summed E-state index contributed by atoms with van der Waals surface area (Å²) in [5.74, 6) is 0.0256. The van der Waals surface area contributed by atoms with Gasteiger partial charge in [-0.25, -0.2) is 15.0 Å². The van der Waals surface area contributed by atoms with Crippen LogP contribution in [0.1, 0.15) is 12.5 Å². The number of hydrogen-bond acceptors (Lipinski definition) is 5. The van der Waals surface area contributed by atoms with Crippen LogP contribution in [-0.4, -0.2) is 39.1 Å². The number of imidazole rings is 1. The van der Waals surface area contributed by atoms with Crippen molar-refractivity contribution < 1.29 is 5.11 Å². The maximum Gasteiger partial charge on any atom is 0.165 e. The third-order valence-electron chi connectivity index (χ3n) is 2.80. The summed E-state index contributed by atoms with van der Waals surface area (Å²) < 4.78 is 1.83. The molecule has 6 nitrogen and oxygen atoms in total. The van der Waals surface area contributed by atoms with Gasteiger partial charge >= 0.3 is 0 Å². The fraction of sp³-hybridized carbons (Fsp3) is 0.364. The van der Waals surface area contributed by atoms with Crippen molar-refractivity contribution in [2.24, 2.45) is 0 Å². The highest BCUT2D eigenvalue weighted by molar-refractivity contribution is 6.11. The third-order valence-corrected chi connectivity index (χ3v) is 2.80. The summed E-state index contributed by atoms with van der Waals surface area (Å²) in [6.07, 6.45) is 5.32. The number of fused-ring (bicyclic) bond motifs is 1. The zero-order valence-corrected chi connectivity index (χ0v) is 9.90. The monoisotopic (exact) mass is 243 g/mol. The molecule has 2 unspecified atom stereocenters. The van der Waals surface area contributed by atoms with Crippen molar-refractivity contribution >= 4 is 24.8 Å². The lowest BCUT2D eigenvalue weighted by Crippen LogP contribution is -2.11. The SMILES string of the molecule is [B]C(CO)CC(C=C)n1cnc2c(N)ncnc21. The van der Waals surface area contributed by atoms with E-state index < -0.39 is 0 Å². The summed E-state index contributed by atoms with van der Waals surface area (Å²) >= 11 is 0. The van der Waals surface area contributed by atoms with E-state index in [1.54, 1.807) is 12.4 Å². The van der Waals surface area contributed by atoms with Gasteiger partial charge in [0.05, 0.1) is 20.2 Å². The molecular formula is C11H14BN5O. The molecule has 92 valence electrons. The molecule has 2 radical (unpaired) electrons. The van der Waals surface area contributed by atoms with Gasteiger partial charge in [0.25, 0.3) is 0 Å². The number of nitrogens with two attached hydrogens (primary N) is 1. The van der Waals surface area contributed by atoms with Gasteiger partial charge in [-0.05, 0) is 6.42 Å². The lowest BCUT2D eigenvalue weighted by Gasteiger charge is -2.18. The van der Waals surface area contributed by atoms with Gasteiger partial charge in [0.15, 0.2) is 11.5 Å². The Balaban J connectivity index is 2.40. The van der Waals surface area contributed by atoms with Crippen LogP contribution in [-0.2, 0) is 0 Å². The molecule has 3 N–H and O–H groups in total. The maximum absolute atomic E-state index is 9.00. The molecule has 0 aliphatic heterocycles. The van der Waals surface area contributed by atoms with E-state index in [0.29, 0.717) is 23.4 Å². The Morgan fingerprint density at radius 1 is 1.50 bits per heavy atom. The first-order valence-electron chi connectivity index (χ1n) is 5.59. The average molecular weight is 243 g/mol. The van der Waals surface area contributed by atoms with Crippen LogP contribution in [0.15, 0.2) is 25.3 Å². The quantitative estimate of drug-likeness (QED) is 0.588. The lowest BCUT2D eigenvalue weighted by atomic mass is 9.82.